The summed E-state index contributed by atoms with van der Waals surface area (Å²) in [6.45, 7) is 2.97. The lowest BCUT2D eigenvalue weighted by molar-refractivity contribution is -0.127. The van der Waals surface area contributed by atoms with E-state index < -0.39 is 24.0 Å². The minimum Gasteiger partial charge on any atom is -0.469 e. The summed E-state index contributed by atoms with van der Waals surface area (Å²) in [4.78, 5) is 34.0. The number of rotatable bonds is 3. The summed E-state index contributed by atoms with van der Waals surface area (Å²) in [5.74, 6) is -0.983. The van der Waals surface area contributed by atoms with Crippen LogP contribution in [0.3, 0.4) is 0 Å². The van der Waals surface area contributed by atoms with Gasteiger partial charge in [-0.15, -0.1) is 0 Å². The summed E-state index contributed by atoms with van der Waals surface area (Å²) in [5.41, 5.74) is 0.245. The Morgan fingerprint density at radius 1 is 1.39 bits per heavy atom. The van der Waals surface area contributed by atoms with E-state index >= 15 is 0 Å². The summed E-state index contributed by atoms with van der Waals surface area (Å²) >= 11 is 0. The van der Waals surface area contributed by atoms with Gasteiger partial charge in [-0.3, -0.25) is 10.1 Å². The highest BCUT2D eigenvalue weighted by atomic mass is 16.5. The monoisotopic (exact) mass is 254 g/mol. The Hall–Kier alpha value is -2.31. The van der Waals surface area contributed by atoms with Crippen LogP contribution in [-0.2, 0) is 9.53 Å². The zero-order chi connectivity index (χ0) is 13.7. The topological polar surface area (TPSA) is 97.6 Å². The first-order valence-corrected chi connectivity index (χ1v) is 5.23. The van der Waals surface area contributed by atoms with E-state index in [1.807, 2.05) is 5.32 Å². The molecule has 1 unspecified atom stereocenters. The molecule has 0 bridgehead atoms. The summed E-state index contributed by atoms with van der Waals surface area (Å²) < 4.78 is 9.84. The molecular weight excluding hydrogens is 240 g/mol. The molecule has 0 spiro atoms. The molecule has 0 saturated carbocycles. The number of hydrogen-bond donors (Lipinski definition) is 2. The van der Waals surface area contributed by atoms with E-state index in [4.69, 9.17) is 9.15 Å². The fourth-order valence-electron chi connectivity index (χ4n) is 1.15. The average Bonchev–Trinajstić information content (AvgIpc) is 2.75. The van der Waals surface area contributed by atoms with Crippen LogP contribution in [0.15, 0.2) is 16.7 Å². The van der Waals surface area contributed by atoms with E-state index in [9.17, 15) is 14.4 Å². The summed E-state index contributed by atoms with van der Waals surface area (Å²) in [7, 11) is 1.37. The first-order valence-electron chi connectivity index (χ1n) is 5.23. The molecular formula is C11H14N2O5. The molecule has 1 rings (SSSR count). The smallest absolute Gasteiger partial charge is 0.342 e. The van der Waals surface area contributed by atoms with Crippen LogP contribution < -0.4 is 10.6 Å². The Labute approximate surface area is 103 Å². The second kappa shape index (κ2) is 5.85. The number of imide groups is 1. The lowest BCUT2D eigenvalue weighted by Crippen LogP contribution is -2.43. The predicted octanol–water partition coefficient (Wildman–Crippen LogP) is 0.589. The Morgan fingerprint density at radius 2 is 2.06 bits per heavy atom. The Morgan fingerprint density at radius 3 is 2.56 bits per heavy atom. The van der Waals surface area contributed by atoms with Crippen LogP contribution in [0.2, 0.25) is 0 Å². The summed E-state index contributed by atoms with van der Waals surface area (Å²) in [6, 6.07) is 0.781. The van der Waals surface area contributed by atoms with Gasteiger partial charge in [-0.25, -0.2) is 9.59 Å². The van der Waals surface area contributed by atoms with Crippen molar-refractivity contribution in [2.24, 2.45) is 0 Å². The van der Waals surface area contributed by atoms with Gasteiger partial charge >= 0.3 is 12.0 Å². The van der Waals surface area contributed by atoms with Crippen molar-refractivity contribution in [2.75, 3.05) is 7.05 Å². The average molecular weight is 254 g/mol. The van der Waals surface area contributed by atoms with E-state index in [-0.39, 0.29) is 5.56 Å². The van der Waals surface area contributed by atoms with Crippen molar-refractivity contribution < 1.29 is 23.5 Å². The van der Waals surface area contributed by atoms with Gasteiger partial charge in [0, 0.05) is 7.05 Å². The van der Waals surface area contributed by atoms with Crippen molar-refractivity contribution in [2.45, 2.75) is 20.0 Å². The van der Waals surface area contributed by atoms with Crippen molar-refractivity contribution >= 4 is 17.9 Å². The first-order chi connectivity index (χ1) is 8.45. The van der Waals surface area contributed by atoms with Crippen molar-refractivity contribution in [3.8, 4) is 0 Å². The molecule has 7 nitrogen and oxygen atoms in total. The number of urea groups is 1. The fraction of sp³-hybridized carbons (Fsp3) is 0.364. The number of aryl methyl sites for hydroxylation is 1. The van der Waals surface area contributed by atoms with Crippen molar-refractivity contribution in [3.63, 3.8) is 0 Å². The van der Waals surface area contributed by atoms with Crippen LogP contribution in [0.25, 0.3) is 0 Å². The third-order valence-electron chi connectivity index (χ3n) is 2.20. The van der Waals surface area contributed by atoms with Crippen LogP contribution in [0, 0.1) is 6.92 Å². The highest BCUT2D eigenvalue weighted by Crippen LogP contribution is 2.11. The molecule has 2 N–H and O–H groups in total. The second-order valence-corrected chi connectivity index (χ2v) is 3.51. The third kappa shape index (κ3) is 3.34. The number of carbonyl (C=O) groups is 3. The van der Waals surface area contributed by atoms with Crippen LogP contribution >= 0.6 is 0 Å². The molecule has 98 valence electrons. The van der Waals surface area contributed by atoms with Gasteiger partial charge in [0.05, 0.1) is 6.26 Å². The number of furan rings is 1. The molecule has 18 heavy (non-hydrogen) atoms. The molecule has 0 aromatic carbocycles. The van der Waals surface area contributed by atoms with Crippen LogP contribution in [0.4, 0.5) is 4.79 Å². The molecule has 0 aliphatic carbocycles. The number of esters is 1. The number of ether oxygens (including phenoxy) is 1. The van der Waals surface area contributed by atoms with Gasteiger partial charge in [-0.2, -0.15) is 0 Å². The van der Waals surface area contributed by atoms with Crippen LogP contribution in [0.5, 0.6) is 0 Å². The number of nitrogens with one attached hydrogen (secondary N) is 2. The molecule has 0 aliphatic rings. The Bertz CT molecular complexity index is 466. The highest BCUT2D eigenvalue weighted by molar-refractivity contribution is 5.98. The van der Waals surface area contributed by atoms with Crippen LogP contribution in [-0.4, -0.2) is 31.1 Å². The van der Waals surface area contributed by atoms with Crippen molar-refractivity contribution in [1.29, 1.82) is 0 Å². The first kappa shape index (κ1) is 13.8. The Balaban J connectivity index is 2.57. The summed E-state index contributed by atoms with van der Waals surface area (Å²) in [5, 5.41) is 4.22. The standard InChI is InChI=1S/C11H14N2O5/c1-6-8(4-5-17-6)10(15)18-7(2)9(14)13-11(16)12-3/h4-5,7H,1-3H3,(H2,12,13,14,16). The van der Waals surface area contributed by atoms with Gasteiger partial charge < -0.3 is 14.5 Å². The van der Waals surface area contributed by atoms with E-state index in [0.717, 1.165) is 0 Å². The molecule has 7 heteroatoms. The van der Waals surface area contributed by atoms with E-state index in [1.54, 1.807) is 6.92 Å². The van der Waals surface area contributed by atoms with Gasteiger partial charge in [-0.05, 0) is 19.9 Å². The number of hydrogen-bond acceptors (Lipinski definition) is 5. The zero-order valence-electron chi connectivity index (χ0n) is 10.3. The quantitative estimate of drug-likeness (QED) is 0.769. The van der Waals surface area contributed by atoms with E-state index in [0.29, 0.717) is 5.76 Å². The normalized spacial score (nSPS) is 11.5. The molecule has 0 saturated heterocycles. The van der Waals surface area contributed by atoms with E-state index in [2.05, 4.69) is 5.32 Å². The maximum absolute atomic E-state index is 11.6. The maximum atomic E-state index is 11.6. The number of carbonyl (C=O) groups excluding carboxylic acids is 3. The maximum Gasteiger partial charge on any atom is 0.342 e. The predicted molar refractivity (Wildman–Crippen MR) is 60.9 cm³/mol. The second-order valence-electron chi connectivity index (χ2n) is 3.51. The fourth-order valence-corrected chi connectivity index (χ4v) is 1.15. The van der Waals surface area contributed by atoms with E-state index in [1.165, 1.54) is 26.3 Å². The van der Waals surface area contributed by atoms with Gasteiger partial charge in [0.25, 0.3) is 5.91 Å². The minimum absolute atomic E-state index is 0.245. The van der Waals surface area contributed by atoms with Crippen molar-refractivity contribution in [3.05, 3.63) is 23.7 Å². The molecule has 0 fully saturated rings. The molecule has 1 heterocycles. The molecule has 1 aromatic heterocycles. The SMILES string of the molecule is CNC(=O)NC(=O)C(C)OC(=O)c1ccoc1C. The lowest BCUT2D eigenvalue weighted by Gasteiger charge is -2.12. The third-order valence-corrected chi connectivity index (χ3v) is 2.20. The lowest BCUT2D eigenvalue weighted by atomic mass is 10.2. The zero-order valence-corrected chi connectivity index (χ0v) is 10.3. The minimum atomic E-state index is -1.08. The van der Waals surface area contributed by atoms with Gasteiger partial charge in [-0.1, -0.05) is 0 Å². The molecule has 0 aliphatic heterocycles. The largest absolute Gasteiger partial charge is 0.469 e. The molecule has 3 amide bonds. The van der Waals surface area contributed by atoms with Gasteiger partial charge in [0.2, 0.25) is 0 Å². The van der Waals surface area contributed by atoms with Crippen LogP contribution in [0.1, 0.15) is 23.0 Å². The van der Waals surface area contributed by atoms with Gasteiger partial charge in [0.15, 0.2) is 6.10 Å². The van der Waals surface area contributed by atoms with Crippen molar-refractivity contribution in [1.82, 2.24) is 10.6 Å². The number of amides is 3. The molecule has 0 radical (unpaired) electrons. The molecule has 1 atom stereocenters. The Kier molecular flexibility index (Phi) is 4.47. The highest BCUT2D eigenvalue weighted by Gasteiger charge is 2.22. The summed E-state index contributed by atoms with van der Waals surface area (Å²) in [6.07, 6.45) is 0.269. The van der Waals surface area contributed by atoms with Gasteiger partial charge in [0.1, 0.15) is 11.3 Å². The molecule has 1 aromatic rings.